The lowest BCUT2D eigenvalue weighted by Gasteiger charge is -1.97. The highest BCUT2D eigenvalue weighted by molar-refractivity contribution is 7.16. The van der Waals surface area contributed by atoms with Gasteiger partial charge in [-0.05, 0) is 35.9 Å². The van der Waals surface area contributed by atoms with Crippen LogP contribution in [0.4, 0.5) is 0 Å². The number of hydrogen-bond donors (Lipinski definition) is 1. The van der Waals surface area contributed by atoms with Gasteiger partial charge in [-0.25, -0.2) is 4.98 Å². The average molecular weight is 331 g/mol. The van der Waals surface area contributed by atoms with Gasteiger partial charge < -0.3 is 4.98 Å². The number of pyridine rings is 1. The second-order valence-electron chi connectivity index (χ2n) is 5.25. The van der Waals surface area contributed by atoms with Crippen molar-refractivity contribution in [2.24, 2.45) is 0 Å². The summed E-state index contributed by atoms with van der Waals surface area (Å²) in [5.74, 6) is 0.523. The van der Waals surface area contributed by atoms with Crippen LogP contribution < -0.4 is 5.56 Å². The molecule has 24 heavy (non-hydrogen) atoms. The Kier molecular flexibility index (Phi) is 3.76. The Morgan fingerprint density at radius 2 is 1.88 bits per heavy atom. The minimum atomic E-state index is -0.154. The SMILES string of the molecule is O=c1[nH]c(/C=C/c2ccc(-c3ccccc3)s2)nc2cnccc12. The van der Waals surface area contributed by atoms with E-state index in [4.69, 9.17) is 0 Å². The van der Waals surface area contributed by atoms with E-state index in [-0.39, 0.29) is 5.56 Å². The number of hydrogen-bond acceptors (Lipinski definition) is 4. The summed E-state index contributed by atoms with van der Waals surface area (Å²) < 4.78 is 0. The Morgan fingerprint density at radius 1 is 1.00 bits per heavy atom. The first-order valence-electron chi connectivity index (χ1n) is 7.47. The third-order valence-corrected chi connectivity index (χ3v) is 4.72. The lowest BCUT2D eigenvalue weighted by molar-refractivity contribution is 1.13. The molecule has 0 fully saturated rings. The predicted octanol–water partition coefficient (Wildman–Crippen LogP) is 4.22. The fraction of sp³-hybridized carbons (Fsp3) is 0. The zero-order chi connectivity index (χ0) is 16.4. The molecule has 3 heterocycles. The average Bonchev–Trinajstić information content (AvgIpc) is 3.10. The summed E-state index contributed by atoms with van der Waals surface area (Å²) in [5, 5.41) is 0.546. The number of nitrogens with one attached hydrogen (secondary N) is 1. The number of aromatic amines is 1. The van der Waals surface area contributed by atoms with Gasteiger partial charge in [0.15, 0.2) is 0 Å². The smallest absolute Gasteiger partial charge is 0.259 e. The monoisotopic (exact) mass is 331 g/mol. The van der Waals surface area contributed by atoms with Gasteiger partial charge in [-0.15, -0.1) is 11.3 Å². The maximum absolute atomic E-state index is 12.0. The summed E-state index contributed by atoms with van der Waals surface area (Å²) in [6.45, 7) is 0. The standard InChI is InChI=1S/C19H13N3OS/c23-19-15-10-11-20-12-16(15)21-18(22-19)9-7-14-6-8-17(24-14)13-4-2-1-3-5-13/h1-12H,(H,21,22,23)/b9-7+. The second kappa shape index (κ2) is 6.22. The number of H-pyrrole nitrogens is 1. The molecule has 0 aliphatic heterocycles. The summed E-state index contributed by atoms with van der Waals surface area (Å²) in [4.78, 5) is 25.6. The van der Waals surface area contributed by atoms with Crippen LogP contribution in [0.15, 0.2) is 65.7 Å². The summed E-state index contributed by atoms with van der Waals surface area (Å²) >= 11 is 1.69. The zero-order valence-electron chi connectivity index (χ0n) is 12.6. The molecule has 5 heteroatoms. The molecule has 0 amide bonds. The normalized spacial score (nSPS) is 11.3. The lowest BCUT2D eigenvalue weighted by Crippen LogP contribution is -2.09. The van der Waals surface area contributed by atoms with Crippen LogP contribution >= 0.6 is 11.3 Å². The quantitative estimate of drug-likeness (QED) is 0.611. The van der Waals surface area contributed by atoms with Crippen LogP contribution in [-0.2, 0) is 0 Å². The number of aromatic nitrogens is 3. The van der Waals surface area contributed by atoms with Gasteiger partial charge in [0.25, 0.3) is 5.56 Å². The van der Waals surface area contributed by atoms with E-state index in [0.29, 0.717) is 16.7 Å². The molecule has 0 radical (unpaired) electrons. The van der Waals surface area contributed by atoms with Crippen LogP contribution in [0.5, 0.6) is 0 Å². The second-order valence-corrected chi connectivity index (χ2v) is 6.36. The third-order valence-electron chi connectivity index (χ3n) is 3.62. The van der Waals surface area contributed by atoms with Gasteiger partial charge in [-0.1, -0.05) is 30.3 Å². The number of rotatable bonds is 3. The molecule has 0 spiro atoms. The van der Waals surface area contributed by atoms with Crippen molar-refractivity contribution in [3.05, 3.63) is 82.0 Å². The molecule has 4 rings (SSSR count). The Balaban J connectivity index is 1.64. The maximum Gasteiger partial charge on any atom is 0.259 e. The minimum Gasteiger partial charge on any atom is -0.306 e. The molecule has 0 saturated heterocycles. The predicted molar refractivity (Wildman–Crippen MR) is 98.8 cm³/mol. The van der Waals surface area contributed by atoms with Crippen molar-refractivity contribution >= 4 is 34.4 Å². The molecule has 0 bridgehead atoms. The molecule has 0 aliphatic carbocycles. The van der Waals surface area contributed by atoms with Crippen molar-refractivity contribution in [3.8, 4) is 10.4 Å². The molecule has 116 valence electrons. The molecule has 4 aromatic rings. The summed E-state index contributed by atoms with van der Waals surface area (Å²) in [6.07, 6.45) is 6.96. The Hall–Kier alpha value is -3.05. The van der Waals surface area contributed by atoms with Gasteiger partial charge in [-0.3, -0.25) is 9.78 Å². The van der Waals surface area contributed by atoms with Crippen molar-refractivity contribution in [2.45, 2.75) is 0 Å². The van der Waals surface area contributed by atoms with Gasteiger partial charge in [0, 0.05) is 16.0 Å². The minimum absolute atomic E-state index is 0.154. The molecule has 4 nitrogen and oxygen atoms in total. The molecule has 0 unspecified atom stereocenters. The van der Waals surface area contributed by atoms with Crippen LogP contribution in [0.25, 0.3) is 33.5 Å². The molecular weight excluding hydrogens is 318 g/mol. The van der Waals surface area contributed by atoms with Gasteiger partial charge in [-0.2, -0.15) is 0 Å². The van der Waals surface area contributed by atoms with Crippen molar-refractivity contribution in [1.82, 2.24) is 15.0 Å². The van der Waals surface area contributed by atoms with Crippen molar-refractivity contribution in [2.75, 3.05) is 0 Å². The van der Waals surface area contributed by atoms with Crippen molar-refractivity contribution in [1.29, 1.82) is 0 Å². The van der Waals surface area contributed by atoms with E-state index in [1.54, 1.807) is 29.8 Å². The summed E-state index contributed by atoms with van der Waals surface area (Å²) in [7, 11) is 0. The van der Waals surface area contributed by atoms with Crippen LogP contribution in [0, 0.1) is 0 Å². The van der Waals surface area contributed by atoms with E-state index in [2.05, 4.69) is 39.2 Å². The number of fused-ring (bicyclic) bond motifs is 1. The molecular formula is C19H13N3OS. The van der Waals surface area contributed by atoms with E-state index in [1.807, 2.05) is 30.4 Å². The number of nitrogens with zero attached hydrogens (tertiary/aromatic N) is 2. The Morgan fingerprint density at radius 3 is 2.75 bits per heavy atom. The number of thiophene rings is 1. The van der Waals surface area contributed by atoms with Crippen LogP contribution in [0.1, 0.15) is 10.7 Å². The van der Waals surface area contributed by atoms with E-state index in [0.717, 1.165) is 4.88 Å². The molecule has 0 atom stereocenters. The first kappa shape index (κ1) is 14.5. The zero-order valence-corrected chi connectivity index (χ0v) is 13.5. The molecule has 1 aromatic carbocycles. The number of benzene rings is 1. The lowest BCUT2D eigenvalue weighted by atomic mass is 10.2. The highest BCUT2D eigenvalue weighted by Gasteiger charge is 2.03. The van der Waals surface area contributed by atoms with Crippen LogP contribution in [0.3, 0.4) is 0 Å². The fourth-order valence-electron chi connectivity index (χ4n) is 2.45. The fourth-order valence-corrected chi connectivity index (χ4v) is 3.36. The summed E-state index contributed by atoms with van der Waals surface area (Å²) in [5.41, 5.74) is 1.64. The molecule has 0 saturated carbocycles. The van der Waals surface area contributed by atoms with Crippen LogP contribution in [0.2, 0.25) is 0 Å². The molecule has 0 aliphatic rings. The topological polar surface area (TPSA) is 58.6 Å². The van der Waals surface area contributed by atoms with Crippen LogP contribution in [-0.4, -0.2) is 15.0 Å². The van der Waals surface area contributed by atoms with Gasteiger partial charge in [0.1, 0.15) is 5.82 Å². The first-order valence-corrected chi connectivity index (χ1v) is 8.29. The largest absolute Gasteiger partial charge is 0.306 e. The van der Waals surface area contributed by atoms with Gasteiger partial charge >= 0.3 is 0 Å². The van der Waals surface area contributed by atoms with Gasteiger partial charge in [0.2, 0.25) is 0 Å². The Labute approximate surface area is 142 Å². The maximum atomic E-state index is 12.0. The van der Waals surface area contributed by atoms with Gasteiger partial charge in [0.05, 0.1) is 17.1 Å². The Bertz CT molecular complexity index is 1080. The first-order chi connectivity index (χ1) is 11.8. The van der Waals surface area contributed by atoms with Crippen molar-refractivity contribution in [3.63, 3.8) is 0 Å². The molecule has 1 N–H and O–H groups in total. The molecule has 3 aromatic heterocycles. The third kappa shape index (κ3) is 2.89. The van der Waals surface area contributed by atoms with E-state index in [9.17, 15) is 4.79 Å². The highest BCUT2D eigenvalue weighted by atomic mass is 32.1. The van der Waals surface area contributed by atoms with E-state index >= 15 is 0 Å². The summed E-state index contributed by atoms with van der Waals surface area (Å²) in [6, 6.07) is 16.1. The van der Waals surface area contributed by atoms with E-state index in [1.165, 1.54) is 10.4 Å². The van der Waals surface area contributed by atoms with E-state index < -0.39 is 0 Å². The van der Waals surface area contributed by atoms with Crippen molar-refractivity contribution < 1.29 is 0 Å². The highest BCUT2D eigenvalue weighted by Crippen LogP contribution is 2.28.